The molecule has 0 aromatic heterocycles. The molecule has 0 radical (unpaired) electrons. The molecule has 1 fully saturated rings. The van der Waals surface area contributed by atoms with Crippen molar-refractivity contribution in [2.45, 2.75) is 112 Å². The molecule has 310 valence electrons. The first-order valence-corrected chi connectivity index (χ1v) is 19.3. The summed E-state index contributed by atoms with van der Waals surface area (Å²) in [7, 11) is 0. The van der Waals surface area contributed by atoms with Gasteiger partial charge in [-0.2, -0.15) is 0 Å². The monoisotopic (exact) mass is 774 g/mol. The normalized spacial score (nSPS) is 16.6. The van der Waals surface area contributed by atoms with Crippen molar-refractivity contribution in [2.75, 3.05) is 72.0 Å². The second-order valence-electron chi connectivity index (χ2n) is 16.4. The summed E-state index contributed by atoms with van der Waals surface area (Å²) in [6, 6.07) is 8.16. The molecule has 1 aromatic rings. The summed E-state index contributed by atoms with van der Waals surface area (Å²) < 4.78 is 16.6. The molecule has 1 unspecified atom stereocenters. The number of ether oxygens (including phenoxy) is 3. The highest BCUT2D eigenvalue weighted by atomic mass is 16.6. The number of rotatable bonds is 14. The van der Waals surface area contributed by atoms with Crippen LogP contribution in [0.25, 0.3) is 0 Å². The molecule has 2 amide bonds. The Balaban J connectivity index is 2.28. The van der Waals surface area contributed by atoms with Crippen LogP contribution in [-0.2, 0) is 44.8 Å². The fourth-order valence-electron chi connectivity index (χ4n) is 6.12. The maximum atomic E-state index is 13.5. The first kappa shape index (κ1) is 47.2. The number of Topliss-reactive ketones (excluding diaryl/α,β-unsaturated/α-hetero) is 2. The Morgan fingerprint density at radius 1 is 0.709 bits per heavy atom. The Labute approximate surface area is 327 Å². The number of hydrogen-bond acceptors (Lipinski definition) is 13. The number of carbonyl (C=O) groups is 6. The largest absolute Gasteiger partial charge is 0.459 e. The highest BCUT2D eigenvalue weighted by Gasteiger charge is 2.29. The van der Waals surface area contributed by atoms with E-state index in [4.69, 9.17) is 14.2 Å². The van der Waals surface area contributed by atoms with Gasteiger partial charge in [0.1, 0.15) is 29.4 Å². The van der Waals surface area contributed by atoms with E-state index in [9.17, 15) is 28.8 Å². The van der Waals surface area contributed by atoms with Crippen molar-refractivity contribution >= 4 is 35.5 Å². The molecule has 0 spiro atoms. The van der Waals surface area contributed by atoms with Crippen molar-refractivity contribution in [3.05, 3.63) is 35.9 Å². The van der Waals surface area contributed by atoms with Gasteiger partial charge in [0.15, 0.2) is 0 Å². The maximum absolute atomic E-state index is 13.5. The Morgan fingerprint density at radius 2 is 1.16 bits per heavy atom. The molecule has 2 rings (SSSR count). The third-order valence-corrected chi connectivity index (χ3v) is 8.61. The Kier molecular flexibility index (Phi) is 19.4. The fraction of sp³-hybridized carbons (Fsp3) is 0.700. The molecule has 55 heavy (non-hydrogen) atoms. The molecule has 15 heteroatoms. The van der Waals surface area contributed by atoms with Gasteiger partial charge in [-0.3, -0.25) is 43.6 Å². The van der Waals surface area contributed by atoms with Gasteiger partial charge in [-0.25, -0.2) is 15.2 Å². The molecule has 1 heterocycles. The van der Waals surface area contributed by atoms with Crippen LogP contribution in [0.15, 0.2) is 30.3 Å². The zero-order valence-corrected chi connectivity index (χ0v) is 34.9. The zero-order valence-electron chi connectivity index (χ0n) is 34.9. The minimum absolute atomic E-state index is 0.000459. The van der Waals surface area contributed by atoms with Gasteiger partial charge in [-0.15, -0.1) is 0 Å². The van der Waals surface area contributed by atoms with Gasteiger partial charge in [0, 0.05) is 64.8 Å². The molecule has 0 aliphatic carbocycles. The van der Waals surface area contributed by atoms with Crippen molar-refractivity contribution in [2.24, 2.45) is 0 Å². The zero-order chi connectivity index (χ0) is 41.3. The first-order chi connectivity index (χ1) is 25.6. The number of carbonyl (C=O) groups excluding carboxylic acids is 6. The number of hydrogen-bond donors (Lipinski definition) is 1. The van der Waals surface area contributed by atoms with Gasteiger partial charge in [0.2, 0.25) is 5.91 Å². The van der Waals surface area contributed by atoms with Crippen molar-refractivity contribution in [3.63, 3.8) is 0 Å². The third-order valence-electron chi connectivity index (χ3n) is 8.61. The van der Waals surface area contributed by atoms with Gasteiger partial charge in [-0.1, -0.05) is 30.3 Å². The van der Waals surface area contributed by atoms with Crippen molar-refractivity contribution in [1.29, 1.82) is 0 Å². The third kappa shape index (κ3) is 20.0. The Hall–Kier alpha value is -3.92. The minimum atomic E-state index is -0.766. The van der Waals surface area contributed by atoms with Crippen molar-refractivity contribution in [3.8, 4) is 0 Å². The first-order valence-electron chi connectivity index (χ1n) is 19.3. The average Bonchev–Trinajstić information content (AvgIpc) is 3.05. The SMILES string of the molecule is CC(=O)CN1CCN(CC(=O)OC(C)(C)C)CCN(CC(=O)OC(C)(C)C)CCN(C(CCC(=O)N(NC(=O)OCc2ccccc2)C(C)C)C(C)=O)CC1. The van der Waals surface area contributed by atoms with E-state index in [-0.39, 0.29) is 68.6 Å². The van der Waals surface area contributed by atoms with Crippen molar-refractivity contribution < 1.29 is 43.0 Å². The van der Waals surface area contributed by atoms with E-state index >= 15 is 0 Å². The summed E-state index contributed by atoms with van der Waals surface area (Å²) >= 11 is 0. The summed E-state index contributed by atoms with van der Waals surface area (Å²) in [5.41, 5.74) is 2.04. The van der Waals surface area contributed by atoms with E-state index in [0.29, 0.717) is 52.4 Å². The lowest BCUT2D eigenvalue weighted by molar-refractivity contribution is -0.158. The summed E-state index contributed by atoms with van der Waals surface area (Å²) in [4.78, 5) is 85.6. The fourth-order valence-corrected chi connectivity index (χ4v) is 6.12. The summed E-state index contributed by atoms with van der Waals surface area (Å²) in [6.07, 6.45) is -0.617. The summed E-state index contributed by atoms with van der Waals surface area (Å²) in [5, 5.41) is 1.22. The van der Waals surface area contributed by atoms with Gasteiger partial charge < -0.3 is 14.2 Å². The molecule has 0 bridgehead atoms. The second-order valence-corrected chi connectivity index (χ2v) is 16.4. The molecule has 15 nitrogen and oxygen atoms in total. The van der Waals surface area contributed by atoms with Crippen LogP contribution in [-0.4, -0.2) is 155 Å². The maximum Gasteiger partial charge on any atom is 0.426 e. The van der Waals surface area contributed by atoms with Crippen LogP contribution in [0.2, 0.25) is 0 Å². The lowest BCUT2D eigenvalue weighted by atomic mass is 10.0. The van der Waals surface area contributed by atoms with E-state index in [2.05, 4.69) is 5.43 Å². The highest BCUT2D eigenvalue weighted by molar-refractivity contribution is 5.83. The van der Waals surface area contributed by atoms with E-state index in [1.54, 1.807) is 34.6 Å². The van der Waals surface area contributed by atoms with Crippen LogP contribution in [0.3, 0.4) is 0 Å². The van der Waals surface area contributed by atoms with E-state index in [1.807, 2.05) is 70.7 Å². The van der Waals surface area contributed by atoms with E-state index in [1.165, 1.54) is 18.9 Å². The van der Waals surface area contributed by atoms with Gasteiger partial charge in [-0.05, 0) is 81.2 Å². The standard InChI is InChI=1S/C40H66N6O9/c1-30(2)46(41-38(52)53-29-33-14-12-11-13-15-33)35(49)17-16-34(32(4)48)45-24-22-42(26-31(3)47)18-19-43(27-36(50)54-39(5,6)7)20-21-44(23-25-45)28-37(51)55-40(8,9)10/h11-15,30,34H,16-29H2,1-10H3,(H,41,52). The van der Waals surface area contributed by atoms with E-state index in [0.717, 1.165) is 5.56 Å². The Morgan fingerprint density at radius 3 is 1.58 bits per heavy atom. The molecule has 1 aliphatic heterocycles. The molecule has 1 aromatic carbocycles. The highest BCUT2D eigenvalue weighted by Crippen LogP contribution is 2.15. The number of hydrazine groups is 1. The molecule has 0 saturated carbocycles. The molecule has 1 N–H and O–H groups in total. The van der Waals surface area contributed by atoms with Crippen LogP contribution in [0, 0.1) is 0 Å². The smallest absolute Gasteiger partial charge is 0.426 e. The number of esters is 2. The number of amides is 2. The number of ketones is 2. The van der Waals surface area contributed by atoms with Gasteiger partial charge >= 0.3 is 18.0 Å². The van der Waals surface area contributed by atoms with E-state index < -0.39 is 29.3 Å². The molecule has 1 atom stereocenters. The van der Waals surface area contributed by atoms with Crippen LogP contribution in [0.5, 0.6) is 0 Å². The van der Waals surface area contributed by atoms with Gasteiger partial charge in [0.05, 0.1) is 25.7 Å². The lowest BCUT2D eigenvalue weighted by Crippen LogP contribution is -2.52. The topological polar surface area (TPSA) is 158 Å². The van der Waals surface area contributed by atoms with Crippen LogP contribution in [0.4, 0.5) is 4.79 Å². The van der Waals surface area contributed by atoms with Crippen LogP contribution in [0.1, 0.15) is 87.6 Å². The van der Waals surface area contributed by atoms with Gasteiger partial charge in [0.25, 0.3) is 0 Å². The van der Waals surface area contributed by atoms with Crippen LogP contribution >= 0.6 is 0 Å². The van der Waals surface area contributed by atoms with Crippen molar-refractivity contribution in [1.82, 2.24) is 30.0 Å². The van der Waals surface area contributed by atoms with Crippen LogP contribution < -0.4 is 5.43 Å². The lowest BCUT2D eigenvalue weighted by Gasteiger charge is -2.36. The number of benzene rings is 1. The number of nitrogens with zero attached hydrogens (tertiary/aromatic N) is 5. The molecular weight excluding hydrogens is 708 g/mol. The predicted octanol–water partition coefficient (Wildman–Crippen LogP) is 3.30. The second kappa shape index (κ2) is 22.6. The number of nitrogens with one attached hydrogen (secondary N) is 1. The molecule has 1 aliphatic rings. The Bertz CT molecular complexity index is 1410. The average molecular weight is 775 g/mol. The minimum Gasteiger partial charge on any atom is -0.459 e. The summed E-state index contributed by atoms with van der Waals surface area (Å²) in [6.45, 7) is 21.1. The quantitative estimate of drug-likeness (QED) is 0.167. The molecular formula is C40H66N6O9. The predicted molar refractivity (Wildman–Crippen MR) is 209 cm³/mol. The molecule has 1 saturated heterocycles. The summed E-state index contributed by atoms with van der Waals surface area (Å²) in [5.74, 6) is -1.28.